The number of nitrogens with zero attached hydrogens (tertiary/aromatic N) is 2. The van der Waals surface area contributed by atoms with Crippen molar-refractivity contribution in [3.05, 3.63) is 42.0 Å². The maximum atomic E-state index is 12.3. The van der Waals surface area contributed by atoms with E-state index in [9.17, 15) is 4.79 Å². The highest BCUT2D eigenvalue weighted by atomic mass is 16.5. The number of aryl methyl sites for hydroxylation is 1. The minimum absolute atomic E-state index is 0.0692. The van der Waals surface area contributed by atoms with Crippen LogP contribution in [-0.2, 0) is 11.8 Å². The Bertz CT molecular complexity index is 685. The predicted octanol–water partition coefficient (Wildman–Crippen LogP) is 2.05. The van der Waals surface area contributed by atoms with E-state index in [4.69, 9.17) is 9.47 Å². The summed E-state index contributed by atoms with van der Waals surface area (Å²) in [6, 6.07) is 5.26. The molecule has 1 atom stereocenters. The predicted molar refractivity (Wildman–Crippen MR) is 85.5 cm³/mol. The van der Waals surface area contributed by atoms with Gasteiger partial charge in [-0.1, -0.05) is 0 Å². The third-order valence-corrected chi connectivity index (χ3v) is 4.06. The van der Waals surface area contributed by atoms with Crippen LogP contribution in [0.15, 0.2) is 30.6 Å². The molecule has 1 aliphatic rings. The summed E-state index contributed by atoms with van der Waals surface area (Å²) in [4.78, 5) is 16.7. The van der Waals surface area contributed by atoms with Gasteiger partial charge in [0.2, 0.25) is 5.91 Å². The molecule has 0 spiro atoms. The summed E-state index contributed by atoms with van der Waals surface area (Å²) in [5, 5.41) is 3.11. The molecule has 1 fully saturated rings. The van der Waals surface area contributed by atoms with Gasteiger partial charge in [-0.3, -0.25) is 4.79 Å². The molecule has 6 nitrogen and oxygen atoms in total. The van der Waals surface area contributed by atoms with E-state index in [1.165, 1.54) is 0 Å². The van der Waals surface area contributed by atoms with Crippen molar-refractivity contribution in [2.24, 2.45) is 13.0 Å². The van der Waals surface area contributed by atoms with Crippen molar-refractivity contribution < 1.29 is 14.3 Å². The molecule has 0 aliphatic heterocycles. The number of hydrogen-bond acceptors (Lipinski definition) is 4. The van der Waals surface area contributed by atoms with E-state index in [0.717, 1.165) is 24.2 Å². The van der Waals surface area contributed by atoms with Crippen LogP contribution in [0.25, 0.3) is 0 Å². The zero-order valence-corrected chi connectivity index (χ0v) is 13.6. The monoisotopic (exact) mass is 315 g/mol. The molecule has 0 radical (unpaired) electrons. The molecule has 122 valence electrons. The van der Waals surface area contributed by atoms with Gasteiger partial charge in [0.05, 0.1) is 14.2 Å². The first-order valence-corrected chi connectivity index (χ1v) is 7.63. The van der Waals surface area contributed by atoms with Crippen LogP contribution in [0.2, 0.25) is 0 Å². The third-order valence-electron chi connectivity index (χ3n) is 4.06. The Balaban J connectivity index is 2.00. The van der Waals surface area contributed by atoms with Crippen LogP contribution in [0.5, 0.6) is 11.5 Å². The standard InChI is InChI=1S/C17H21N3O3/c1-20-7-6-18-16(20)15(19-17(21)11-4-5-11)12-8-13(22-2)10-14(9-12)23-3/h6-11,15H,4-5H2,1-3H3,(H,19,21)/t15-/m1/s1. The molecule has 1 heterocycles. The quantitative estimate of drug-likeness (QED) is 0.886. The van der Waals surface area contributed by atoms with E-state index < -0.39 is 0 Å². The van der Waals surface area contributed by atoms with E-state index in [1.807, 2.05) is 36.0 Å². The van der Waals surface area contributed by atoms with Crippen molar-refractivity contribution in [2.75, 3.05) is 14.2 Å². The number of hydrogen-bond donors (Lipinski definition) is 1. The van der Waals surface area contributed by atoms with Crippen molar-refractivity contribution in [1.29, 1.82) is 0 Å². The van der Waals surface area contributed by atoms with E-state index in [2.05, 4.69) is 10.3 Å². The average Bonchev–Trinajstić information content (AvgIpc) is 3.34. The number of amides is 1. The van der Waals surface area contributed by atoms with Crippen molar-refractivity contribution in [3.8, 4) is 11.5 Å². The lowest BCUT2D eigenvalue weighted by Crippen LogP contribution is -2.32. The Morgan fingerprint density at radius 1 is 1.26 bits per heavy atom. The molecule has 1 amide bonds. The Morgan fingerprint density at radius 2 is 1.91 bits per heavy atom. The highest BCUT2D eigenvalue weighted by molar-refractivity contribution is 5.81. The molecule has 23 heavy (non-hydrogen) atoms. The van der Waals surface area contributed by atoms with Crippen LogP contribution in [-0.4, -0.2) is 29.7 Å². The Morgan fingerprint density at radius 3 is 2.39 bits per heavy atom. The number of rotatable bonds is 6. The van der Waals surface area contributed by atoms with E-state index in [-0.39, 0.29) is 17.9 Å². The van der Waals surface area contributed by atoms with Gasteiger partial charge in [-0.2, -0.15) is 0 Å². The fourth-order valence-corrected chi connectivity index (χ4v) is 2.55. The molecular formula is C17H21N3O3. The molecule has 0 saturated heterocycles. The van der Waals surface area contributed by atoms with Crippen molar-refractivity contribution in [1.82, 2.24) is 14.9 Å². The smallest absolute Gasteiger partial charge is 0.223 e. The Kier molecular flexibility index (Phi) is 4.23. The summed E-state index contributed by atoms with van der Waals surface area (Å²) >= 11 is 0. The van der Waals surface area contributed by atoms with Crippen LogP contribution < -0.4 is 14.8 Å². The third kappa shape index (κ3) is 3.31. The van der Waals surface area contributed by atoms with Gasteiger partial charge in [0.25, 0.3) is 0 Å². The van der Waals surface area contributed by atoms with E-state index in [0.29, 0.717) is 11.5 Å². The number of carbonyl (C=O) groups excluding carboxylic acids is 1. The van der Waals surface area contributed by atoms with Gasteiger partial charge in [0, 0.05) is 31.4 Å². The lowest BCUT2D eigenvalue weighted by Gasteiger charge is -2.20. The second-order valence-corrected chi connectivity index (χ2v) is 5.76. The zero-order valence-electron chi connectivity index (χ0n) is 13.6. The van der Waals surface area contributed by atoms with Crippen molar-refractivity contribution in [3.63, 3.8) is 0 Å². The van der Waals surface area contributed by atoms with Gasteiger partial charge in [-0.05, 0) is 30.5 Å². The average molecular weight is 315 g/mol. The van der Waals surface area contributed by atoms with Crippen molar-refractivity contribution in [2.45, 2.75) is 18.9 Å². The lowest BCUT2D eigenvalue weighted by molar-refractivity contribution is -0.122. The Labute approximate surface area is 135 Å². The number of nitrogens with one attached hydrogen (secondary N) is 1. The van der Waals surface area contributed by atoms with Crippen LogP contribution in [0, 0.1) is 5.92 Å². The maximum absolute atomic E-state index is 12.3. The second-order valence-electron chi connectivity index (χ2n) is 5.76. The van der Waals surface area contributed by atoms with E-state index in [1.54, 1.807) is 20.4 Å². The van der Waals surface area contributed by atoms with E-state index >= 15 is 0 Å². The minimum atomic E-state index is -0.341. The molecule has 0 bridgehead atoms. The number of ether oxygens (including phenoxy) is 2. The summed E-state index contributed by atoms with van der Waals surface area (Å²) in [6.07, 6.45) is 5.51. The molecule has 1 aromatic carbocycles. The number of benzene rings is 1. The molecular weight excluding hydrogens is 294 g/mol. The first-order chi connectivity index (χ1) is 11.1. The molecule has 1 aromatic heterocycles. The van der Waals surface area contributed by atoms with Gasteiger partial charge in [-0.25, -0.2) is 4.98 Å². The fourth-order valence-electron chi connectivity index (χ4n) is 2.55. The molecule has 0 unspecified atom stereocenters. The van der Waals surface area contributed by atoms with Crippen LogP contribution >= 0.6 is 0 Å². The van der Waals surface area contributed by atoms with Crippen LogP contribution in [0.4, 0.5) is 0 Å². The van der Waals surface area contributed by atoms with Crippen LogP contribution in [0.1, 0.15) is 30.3 Å². The normalized spacial score (nSPS) is 15.1. The summed E-state index contributed by atoms with van der Waals surface area (Å²) < 4.78 is 12.6. The highest BCUT2D eigenvalue weighted by Crippen LogP contribution is 2.33. The first kappa shape index (κ1) is 15.4. The number of aromatic nitrogens is 2. The minimum Gasteiger partial charge on any atom is -0.497 e. The second kappa shape index (κ2) is 6.32. The number of imidazole rings is 1. The Hall–Kier alpha value is -2.50. The lowest BCUT2D eigenvalue weighted by atomic mass is 10.0. The van der Waals surface area contributed by atoms with Gasteiger partial charge in [-0.15, -0.1) is 0 Å². The molecule has 3 rings (SSSR count). The first-order valence-electron chi connectivity index (χ1n) is 7.63. The summed E-state index contributed by atoms with van der Waals surface area (Å²) in [6.45, 7) is 0. The largest absolute Gasteiger partial charge is 0.497 e. The molecule has 2 aromatic rings. The SMILES string of the molecule is COc1cc(OC)cc([C@@H](NC(=O)C2CC2)c2nccn2C)c1. The summed E-state index contributed by atoms with van der Waals surface area (Å²) in [5.41, 5.74) is 0.879. The van der Waals surface area contributed by atoms with Crippen molar-refractivity contribution >= 4 is 5.91 Å². The van der Waals surface area contributed by atoms with Gasteiger partial charge >= 0.3 is 0 Å². The fraction of sp³-hybridized carbons (Fsp3) is 0.412. The van der Waals surface area contributed by atoms with Gasteiger partial charge in [0.1, 0.15) is 23.4 Å². The summed E-state index contributed by atoms with van der Waals surface area (Å²) in [7, 11) is 5.13. The van der Waals surface area contributed by atoms with Crippen LogP contribution in [0.3, 0.4) is 0 Å². The summed E-state index contributed by atoms with van der Waals surface area (Å²) in [5.74, 6) is 2.33. The highest BCUT2D eigenvalue weighted by Gasteiger charge is 2.32. The zero-order chi connectivity index (χ0) is 16.4. The molecule has 6 heteroatoms. The molecule has 1 N–H and O–H groups in total. The van der Waals surface area contributed by atoms with Gasteiger partial charge in [0.15, 0.2) is 0 Å². The number of methoxy groups -OCH3 is 2. The maximum Gasteiger partial charge on any atom is 0.223 e. The van der Waals surface area contributed by atoms with Gasteiger partial charge < -0.3 is 19.4 Å². The topological polar surface area (TPSA) is 65.4 Å². The molecule has 1 saturated carbocycles. The molecule has 1 aliphatic carbocycles. The number of carbonyl (C=O) groups is 1.